The number of allylic oxidation sites excluding steroid dienone is 1. The van der Waals surface area contributed by atoms with Gasteiger partial charge in [0.15, 0.2) is 0 Å². The molecule has 0 aromatic heterocycles. The summed E-state index contributed by atoms with van der Waals surface area (Å²) in [6, 6.07) is 7.31. The van der Waals surface area contributed by atoms with Crippen LogP contribution in [0.1, 0.15) is 24.8 Å². The summed E-state index contributed by atoms with van der Waals surface area (Å²) in [7, 11) is 0. The summed E-state index contributed by atoms with van der Waals surface area (Å²) >= 11 is 0. The second-order valence-corrected chi connectivity index (χ2v) is 5.47. The number of para-hydroxylation sites is 1. The Morgan fingerprint density at radius 1 is 1.40 bits per heavy atom. The molecule has 0 spiro atoms. The van der Waals surface area contributed by atoms with Gasteiger partial charge in [-0.25, -0.2) is 4.39 Å². The number of carbonyl (C=O) groups is 1. The van der Waals surface area contributed by atoms with E-state index in [1.807, 2.05) is 12.1 Å². The van der Waals surface area contributed by atoms with Crippen molar-refractivity contribution in [3.63, 3.8) is 0 Å². The predicted octanol–water partition coefficient (Wildman–Crippen LogP) is 2.53. The molecular weight excluding hydrogens is 255 g/mol. The summed E-state index contributed by atoms with van der Waals surface area (Å²) in [5.41, 5.74) is -0.722. The fraction of sp³-hybridized carbons (Fsp3) is 0.438. The van der Waals surface area contributed by atoms with Crippen molar-refractivity contribution in [2.75, 3.05) is 18.0 Å². The maximum absolute atomic E-state index is 15.2. The Morgan fingerprint density at radius 2 is 2.10 bits per heavy atom. The molecule has 1 N–H and O–H groups in total. The Hall–Kier alpha value is -1.68. The van der Waals surface area contributed by atoms with E-state index in [1.54, 1.807) is 17.0 Å². The van der Waals surface area contributed by atoms with E-state index in [-0.39, 0.29) is 12.5 Å². The molecule has 1 aromatic carbocycles. The summed E-state index contributed by atoms with van der Waals surface area (Å²) < 4.78 is 15.2. The summed E-state index contributed by atoms with van der Waals surface area (Å²) in [4.78, 5) is 14.3. The van der Waals surface area contributed by atoms with Crippen molar-refractivity contribution in [1.82, 2.24) is 5.32 Å². The summed E-state index contributed by atoms with van der Waals surface area (Å²) in [5.74, 6) is -0.425. The molecule has 0 bridgehead atoms. The number of alkyl halides is 1. The first-order valence-electron chi connectivity index (χ1n) is 7.12. The van der Waals surface area contributed by atoms with E-state index >= 15 is 4.39 Å². The van der Waals surface area contributed by atoms with E-state index in [0.717, 1.165) is 31.6 Å². The van der Waals surface area contributed by atoms with E-state index in [0.29, 0.717) is 5.56 Å². The fourth-order valence-electron chi connectivity index (χ4n) is 3.26. The minimum Gasteiger partial charge on any atom is -0.317 e. The monoisotopic (exact) mass is 274 g/mol. The van der Waals surface area contributed by atoms with Crippen LogP contribution in [0.3, 0.4) is 0 Å². The van der Waals surface area contributed by atoms with Crippen LogP contribution < -0.4 is 10.2 Å². The smallest absolute Gasteiger partial charge is 0.270 e. The number of fused-ring (bicyclic) bond motifs is 1. The maximum Gasteiger partial charge on any atom is 0.270 e. The van der Waals surface area contributed by atoms with E-state index < -0.39 is 11.6 Å². The van der Waals surface area contributed by atoms with Crippen molar-refractivity contribution in [3.05, 3.63) is 42.5 Å². The van der Waals surface area contributed by atoms with Crippen LogP contribution in [0.4, 0.5) is 10.1 Å². The van der Waals surface area contributed by atoms with Crippen molar-refractivity contribution in [2.24, 2.45) is 0 Å². The van der Waals surface area contributed by atoms with Gasteiger partial charge in [-0.05, 0) is 32.0 Å². The highest BCUT2D eigenvalue weighted by molar-refractivity contribution is 6.07. The number of anilines is 1. The molecule has 1 aromatic rings. The minimum absolute atomic E-state index is 0.0321. The van der Waals surface area contributed by atoms with Crippen molar-refractivity contribution >= 4 is 11.6 Å². The molecule has 1 fully saturated rings. The molecule has 1 saturated heterocycles. The molecular formula is C16H19FN2O. The molecule has 0 aliphatic carbocycles. The number of benzene rings is 1. The maximum atomic E-state index is 15.2. The third-order valence-corrected chi connectivity index (χ3v) is 4.25. The van der Waals surface area contributed by atoms with Crippen LogP contribution in [0.15, 0.2) is 36.9 Å². The molecule has 3 nitrogen and oxygen atoms in total. The van der Waals surface area contributed by atoms with Gasteiger partial charge < -0.3 is 10.2 Å². The Morgan fingerprint density at radius 3 is 2.80 bits per heavy atom. The molecule has 20 heavy (non-hydrogen) atoms. The van der Waals surface area contributed by atoms with E-state index in [9.17, 15) is 4.79 Å². The number of hydrogen-bond acceptors (Lipinski definition) is 2. The number of carbonyl (C=O) groups excluding carboxylic acids is 1. The van der Waals surface area contributed by atoms with Crippen molar-refractivity contribution in [2.45, 2.75) is 31.0 Å². The van der Waals surface area contributed by atoms with Gasteiger partial charge in [0.05, 0.1) is 5.69 Å². The highest BCUT2D eigenvalue weighted by Crippen LogP contribution is 2.46. The fourth-order valence-corrected chi connectivity index (χ4v) is 3.26. The normalized spacial score (nSPS) is 26.6. The number of hydrogen-bond donors (Lipinski definition) is 1. The number of piperidine rings is 1. The molecule has 3 rings (SSSR count). The molecule has 2 aliphatic heterocycles. The summed E-state index contributed by atoms with van der Waals surface area (Å²) in [6.07, 6.45) is 3.25. The molecule has 1 amide bonds. The Balaban J connectivity index is 2.04. The molecule has 106 valence electrons. The van der Waals surface area contributed by atoms with Crippen LogP contribution in [0.25, 0.3) is 0 Å². The first-order valence-corrected chi connectivity index (χ1v) is 7.12. The predicted molar refractivity (Wildman–Crippen MR) is 77.4 cm³/mol. The zero-order valence-corrected chi connectivity index (χ0v) is 11.4. The van der Waals surface area contributed by atoms with Crippen LogP contribution in [0, 0.1) is 0 Å². The van der Waals surface area contributed by atoms with Crippen LogP contribution in [0.2, 0.25) is 0 Å². The average molecular weight is 274 g/mol. The molecule has 2 aliphatic rings. The molecule has 0 saturated carbocycles. The molecule has 1 atom stereocenters. The van der Waals surface area contributed by atoms with Gasteiger partial charge >= 0.3 is 0 Å². The van der Waals surface area contributed by atoms with Gasteiger partial charge in [-0.2, -0.15) is 0 Å². The Kier molecular flexibility index (Phi) is 3.34. The first kappa shape index (κ1) is 13.3. The highest BCUT2D eigenvalue weighted by Gasteiger charge is 2.52. The number of nitrogens with zero attached hydrogens (tertiary/aromatic N) is 1. The van der Waals surface area contributed by atoms with E-state index in [4.69, 9.17) is 0 Å². The van der Waals surface area contributed by atoms with Crippen LogP contribution >= 0.6 is 0 Å². The zero-order valence-electron chi connectivity index (χ0n) is 11.4. The lowest BCUT2D eigenvalue weighted by Crippen LogP contribution is -2.47. The molecule has 2 heterocycles. The van der Waals surface area contributed by atoms with E-state index in [1.165, 1.54) is 6.08 Å². The lowest BCUT2D eigenvalue weighted by Gasteiger charge is -2.32. The molecule has 0 radical (unpaired) electrons. The number of nitrogens with one attached hydrogen (secondary N) is 1. The van der Waals surface area contributed by atoms with Gasteiger partial charge in [0.25, 0.3) is 5.91 Å². The highest BCUT2D eigenvalue weighted by atomic mass is 19.1. The van der Waals surface area contributed by atoms with E-state index in [2.05, 4.69) is 11.9 Å². The molecule has 4 heteroatoms. The Labute approximate surface area is 118 Å². The standard InChI is InChI=1S/C16H19FN2O/c1-2-9-16(17)13-5-3-4-6-14(13)19(15(16)20)12-7-10-18-11-8-12/h2-6,12,18H,1,7-11H2. The van der Waals surface area contributed by atoms with Gasteiger partial charge in [-0.3, -0.25) is 4.79 Å². The number of halogens is 1. The SMILES string of the molecule is C=CCC1(F)C(=O)N(C2CCNCC2)c2ccccc21. The van der Waals surface area contributed by atoms with Gasteiger partial charge in [0.1, 0.15) is 0 Å². The second-order valence-electron chi connectivity index (χ2n) is 5.47. The summed E-state index contributed by atoms with van der Waals surface area (Å²) in [6.45, 7) is 5.34. The summed E-state index contributed by atoms with van der Waals surface area (Å²) in [5, 5.41) is 3.27. The zero-order chi connectivity index (χ0) is 14.2. The van der Waals surface area contributed by atoms with Gasteiger partial charge in [0, 0.05) is 18.0 Å². The lowest BCUT2D eigenvalue weighted by molar-refractivity contribution is -0.129. The van der Waals surface area contributed by atoms with Gasteiger partial charge in [-0.1, -0.05) is 24.3 Å². The quantitative estimate of drug-likeness (QED) is 0.859. The number of rotatable bonds is 3. The van der Waals surface area contributed by atoms with Gasteiger partial charge in [-0.15, -0.1) is 6.58 Å². The Bertz CT molecular complexity index is 539. The third-order valence-electron chi connectivity index (χ3n) is 4.25. The van der Waals surface area contributed by atoms with Crippen molar-refractivity contribution in [1.29, 1.82) is 0 Å². The molecule has 1 unspecified atom stereocenters. The second kappa shape index (κ2) is 5.02. The largest absolute Gasteiger partial charge is 0.317 e. The lowest BCUT2D eigenvalue weighted by atomic mass is 9.94. The average Bonchev–Trinajstić information content (AvgIpc) is 2.70. The number of amides is 1. The van der Waals surface area contributed by atoms with Crippen LogP contribution in [-0.2, 0) is 10.5 Å². The topological polar surface area (TPSA) is 32.3 Å². The van der Waals surface area contributed by atoms with Crippen molar-refractivity contribution in [3.8, 4) is 0 Å². The minimum atomic E-state index is -1.94. The van der Waals surface area contributed by atoms with Crippen LogP contribution in [-0.4, -0.2) is 25.0 Å². The third kappa shape index (κ3) is 1.86. The van der Waals surface area contributed by atoms with Crippen molar-refractivity contribution < 1.29 is 9.18 Å². The van der Waals surface area contributed by atoms with Gasteiger partial charge in [0.2, 0.25) is 5.67 Å². The first-order chi connectivity index (χ1) is 9.68. The van der Waals surface area contributed by atoms with Crippen LogP contribution in [0.5, 0.6) is 0 Å².